The number of imidazole rings is 1. The van der Waals surface area contributed by atoms with Gasteiger partial charge in [-0.3, -0.25) is 14.9 Å². The van der Waals surface area contributed by atoms with Gasteiger partial charge >= 0.3 is 5.97 Å². The van der Waals surface area contributed by atoms with Crippen molar-refractivity contribution < 1.29 is 19.2 Å². The number of hydrogen-bond acceptors (Lipinski definition) is 6. The Labute approximate surface area is 157 Å². The third-order valence-electron chi connectivity index (χ3n) is 3.64. The number of nitro groups is 1. The van der Waals surface area contributed by atoms with Gasteiger partial charge in [0.1, 0.15) is 5.65 Å². The molecule has 27 heavy (non-hydrogen) atoms. The van der Waals surface area contributed by atoms with Gasteiger partial charge in [0.05, 0.1) is 15.6 Å². The molecule has 0 saturated heterocycles. The molecule has 3 rings (SSSR count). The van der Waals surface area contributed by atoms with Gasteiger partial charge in [0.15, 0.2) is 11.8 Å². The van der Waals surface area contributed by atoms with Crippen LogP contribution < -0.4 is 5.32 Å². The highest BCUT2D eigenvalue weighted by Gasteiger charge is 2.22. The Bertz CT molecular complexity index is 1020. The van der Waals surface area contributed by atoms with Crippen LogP contribution in [0.15, 0.2) is 48.8 Å². The van der Waals surface area contributed by atoms with Gasteiger partial charge in [0.25, 0.3) is 11.6 Å². The van der Waals surface area contributed by atoms with Gasteiger partial charge in [0, 0.05) is 24.5 Å². The van der Waals surface area contributed by atoms with Crippen molar-refractivity contribution in [1.29, 1.82) is 0 Å². The number of nitrogens with zero attached hydrogens (tertiary/aromatic N) is 3. The lowest BCUT2D eigenvalue weighted by Gasteiger charge is -2.13. The molecule has 10 heteroatoms. The third kappa shape index (κ3) is 4.04. The standard InChI is InChI=1S/C17H13ClN4O5/c1-10(16(23)20-13-8-11(22(25)26)5-6-12(13)18)27-17(24)14-9-21-7-3-2-4-15(21)19-14/h2-10H,1H3,(H,20,23)/t10-/m1/s1. The number of anilines is 1. The predicted octanol–water partition coefficient (Wildman–Crippen LogP) is 3.08. The minimum absolute atomic E-state index is 0.0477. The molecule has 0 saturated carbocycles. The highest BCUT2D eigenvalue weighted by molar-refractivity contribution is 6.33. The first-order valence-corrected chi connectivity index (χ1v) is 8.12. The fourth-order valence-corrected chi connectivity index (χ4v) is 2.43. The molecule has 0 spiro atoms. The molecule has 0 bridgehead atoms. The van der Waals surface area contributed by atoms with E-state index in [4.69, 9.17) is 16.3 Å². The number of carbonyl (C=O) groups is 2. The van der Waals surface area contributed by atoms with Crippen LogP contribution in [0.4, 0.5) is 11.4 Å². The van der Waals surface area contributed by atoms with E-state index in [-0.39, 0.29) is 22.1 Å². The largest absolute Gasteiger partial charge is 0.448 e. The number of hydrogen-bond donors (Lipinski definition) is 1. The number of amides is 1. The van der Waals surface area contributed by atoms with Crippen LogP contribution in [0.25, 0.3) is 5.65 Å². The van der Waals surface area contributed by atoms with Gasteiger partial charge in [0.2, 0.25) is 0 Å². The summed E-state index contributed by atoms with van der Waals surface area (Å²) in [6, 6.07) is 8.90. The van der Waals surface area contributed by atoms with E-state index in [0.717, 1.165) is 6.07 Å². The minimum atomic E-state index is -1.17. The molecule has 9 nitrogen and oxygen atoms in total. The number of fused-ring (bicyclic) bond motifs is 1. The first-order chi connectivity index (χ1) is 12.8. The Morgan fingerprint density at radius 2 is 2.11 bits per heavy atom. The molecule has 2 aromatic heterocycles. The van der Waals surface area contributed by atoms with Crippen molar-refractivity contribution in [2.24, 2.45) is 0 Å². The van der Waals surface area contributed by atoms with E-state index in [1.54, 1.807) is 28.8 Å². The lowest BCUT2D eigenvalue weighted by Crippen LogP contribution is -2.30. The van der Waals surface area contributed by atoms with Crippen molar-refractivity contribution in [1.82, 2.24) is 9.38 Å². The molecular weight excluding hydrogens is 376 g/mol. The molecule has 3 aromatic rings. The summed E-state index contributed by atoms with van der Waals surface area (Å²) < 4.78 is 6.76. The number of non-ortho nitro benzene ring substituents is 1. The summed E-state index contributed by atoms with van der Waals surface area (Å²) in [6.07, 6.45) is 2.04. The predicted molar refractivity (Wildman–Crippen MR) is 96.8 cm³/mol. The fraction of sp³-hybridized carbons (Fsp3) is 0.118. The summed E-state index contributed by atoms with van der Waals surface area (Å²) in [4.78, 5) is 38.8. The number of carbonyl (C=O) groups excluding carboxylic acids is 2. The average Bonchev–Trinajstić information content (AvgIpc) is 3.07. The number of pyridine rings is 1. The van der Waals surface area contributed by atoms with Crippen molar-refractivity contribution in [3.8, 4) is 0 Å². The highest BCUT2D eigenvalue weighted by Crippen LogP contribution is 2.26. The fourth-order valence-electron chi connectivity index (χ4n) is 2.26. The summed E-state index contributed by atoms with van der Waals surface area (Å²) in [7, 11) is 0. The van der Waals surface area contributed by atoms with Crippen LogP contribution in [0.2, 0.25) is 5.02 Å². The second-order valence-electron chi connectivity index (χ2n) is 5.55. The molecule has 1 amide bonds. The van der Waals surface area contributed by atoms with E-state index >= 15 is 0 Å². The van der Waals surface area contributed by atoms with Gasteiger partial charge in [-0.15, -0.1) is 0 Å². The van der Waals surface area contributed by atoms with E-state index in [2.05, 4.69) is 10.3 Å². The van der Waals surface area contributed by atoms with E-state index in [1.807, 2.05) is 0 Å². The van der Waals surface area contributed by atoms with Gasteiger partial charge in [-0.1, -0.05) is 17.7 Å². The van der Waals surface area contributed by atoms with Gasteiger partial charge in [-0.25, -0.2) is 9.78 Å². The maximum atomic E-state index is 12.2. The Balaban J connectivity index is 1.69. The van der Waals surface area contributed by atoms with Crippen molar-refractivity contribution >= 4 is 40.5 Å². The molecule has 1 aromatic carbocycles. The van der Waals surface area contributed by atoms with E-state index in [0.29, 0.717) is 5.65 Å². The number of rotatable bonds is 5. The molecule has 0 aliphatic heterocycles. The monoisotopic (exact) mass is 388 g/mol. The summed E-state index contributed by atoms with van der Waals surface area (Å²) >= 11 is 5.94. The molecule has 0 unspecified atom stereocenters. The lowest BCUT2D eigenvalue weighted by atomic mass is 10.2. The van der Waals surface area contributed by atoms with Crippen LogP contribution in [0.5, 0.6) is 0 Å². The van der Waals surface area contributed by atoms with Crippen LogP contribution in [-0.2, 0) is 9.53 Å². The second kappa shape index (κ2) is 7.42. The molecule has 0 aliphatic carbocycles. The second-order valence-corrected chi connectivity index (χ2v) is 5.96. The summed E-state index contributed by atoms with van der Waals surface area (Å²) in [5.74, 6) is -1.46. The number of halogens is 1. The van der Waals surface area contributed by atoms with Crippen molar-refractivity contribution in [2.45, 2.75) is 13.0 Å². The van der Waals surface area contributed by atoms with Gasteiger partial charge in [-0.2, -0.15) is 0 Å². The number of benzene rings is 1. The number of nitro benzene ring substituents is 1. The van der Waals surface area contributed by atoms with Crippen LogP contribution >= 0.6 is 11.6 Å². The van der Waals surface area contributed by atoms with Crippen LogP contribution in [0.3, 0.4) is 0 Å². The SMILES string of the molecule is C[C@@H](OC(=O)c1cn2ccccc2n1)C(=O)Nc1cc([N+](=O)[O-])ccc1Cl. The zero-order valence-electron chi connectivity index (χ0n) is 14.0. The van der Waals surface area contributed by atoms with E-state index < -0.39 is 22.9 Å². The quantitative estimate of drug-likeness (QED) is 0.408. The van der Waals surface area contributed by atoms with Crippen LogP contribution in [0.1, 0.15) is 17.4 Å². The zero-order chi connectivity index (χ0) is 19.6. The first-order valence-electron chi connectivity index (χ1n) is 7.74. The summed E-state index contributed by atoms with van der Waals surface area (Å²) in [6.45, 7) is 1.37. The van der Waals surface area contributed by atoms with E-state index in [9.17, 15) is 19.7 Å². The molecule has 0 fully saturated rings. The summed E-state index contributed by atoms with van der Waals surface area (Å²) in [5, 5.41) is 13.4. The molecule has 2 heterocycles. The number of nitrogens with one attached hydrogen (secondary N) is 1. The van der Waals surface area contributed by atoms with E-state index in [1.165, 1.54) is 25.3 Å². The molecule has 138 valence electrons. The van der Waals surface area contributed by atoms with Crippen molar-refractivity contribution in [2.75, 3.05) is 5.32 Å². The van der Waals surface area contributed by atoms with Crippen molar-refractivity contribution in [3.05, 3.63) is 69.6 Å². The normalized spacial score (nSPS) is 11.8. The molecule has 1 atom stereocenters. The molecule has 0 radical (unpaired) electrons. The lowest BCUT2D eigenvalue weighted by molar-refractivity contribution is -0.384. The Morgan fingerprint density at radius 1 is 1.33 bits per heavy atom. The van der Waals surface area contributed by atoms with Gasteiger partial charge in [-0.05, 0) is 25.1 Å². The smallest absolute Gasteiger partial charge is 0.359 e. The Hall–Kier alpha value is -3.46. The Kier molecular flexibility index (Phi) is 5.04. The maximum Gasteiger partial charge on any atom is 0.359 e. The molecule has 0 aliphatic rings. The minimum Gasteiger partial charge on any atom is -0.448 e. The molecular formula is C17H13ClN4O5. The van der Waals surface area contributed by atoms with Crippen LogP contribution in [-0.4, -0.2) is 32.3 Å². The first kappa shape index (κ1) is 18.3. The van der Waals surface area contributed by atoms with Crippen molar-refractivity contribution in [3.63, 3.8) is 0 Å². The van der Waals surface area contributed by atoms with Gasteiger partial charge < -0.3 is 14.5 Å². The average molecular weight is 389 g/mol. The number of esters is 1. The topological polar surface area (TPSA) is 116 Å². The molecule has 1 N–H and O–H groups in total. The van der Waals surface area contributed by atoms with Crippen LogP contribution in [0, 0.1) is 10.1 Å². The number of ether oxygens (including phenoxy) is 1. The third-order valence-corrected chi connectivity index (χ3v) is 3.97. The number of aromatic nitrogens is 2. The summed E-state index contributed by atoms with van der Waals surface area (Å²) in [5.41, 5.74) is 0.426. The maximum absolute atomic E-state index is 12.2. The zero-order valence-corrected chi connectivity index (χ0v) is 14.7. The Morgan fingerprint density at radius 3 is 2.81 bits per heavy atom. The highest BCUT2D eigenvalue weighted by atomic mass is 35.5.